The van der Waals surface area contributed by atoms with Gasteiger partial charge in [0.1, 0.15) is 11.7 Å². The maximum atomic E-state index is 11.2. The second kappa shape index (κ2) is 7.20. The number of carbonyl (C=O) groups is 1. The first-order valence-corrected chi connectivity index (χ1v) is 8.84. The molecule has 0 aliphatic rings. The predicted octanol–water partition coefficient (Wildman–Crippen LogP) is 4.03. The van der Waals surface area contributed by atoms with Crippen molar-refractivity contribution >= 4 is 17.0 Å². The zero-order chi connectivity index (χ0) is 19.6. The van der Waals surface area contributed by atoms with Crippen molar-refractivity contribution in [3.8, 4) is 6.07 Å². The molecule has 1 N–H and O–H groups in total. The predicted molar refractivity (Wildman–Crippen MR) is 103 cm³/mol. The van der Waals surface area contributed by atoms with Crippen LogP contribution in [-0.2, 0) is 13.0 Å². The van der Waals surface area contributed by atoms with Crippen molar-refractivity contribution in [3.05, 3.63) is 59.2 Å². The number of rotatable bonds is 5. The fourth-order valence-electron chi connectivity index (χ4n) is 3.01. The lowest BCUT2D eigenvalue weighted by Crippen LogP contribution is -2.13. The van der Waals surface area contributed by atoms with E-state index in [-0.39, 0.29) is 16.8 Å². The summed E-state index contributed by atoms with van der Waals surface area (Å²) in [6.45, 7) is 7.32. The highest BCUT2D eigenvalue weighted by molar-refractivity contribution is 5.87. The standard InChI is InChI=1S/C21H22N4O2/c1-21(2,3)7-8-25-17(10-14-5-4-6-15(9-14)20(26)27)11-16-13-23-18(12-22)24-19(16)25/h4-6,9,11,13H,7-8,10H2,1-3H3,(H,26,27). The van der Waals surface area contributed by atoms with Crippen LogP contribution in [-0.4, -0.2) is 25.6 Å². The number of carboxylic acids is 1. The van der Waals surface area contributed by atoms with Crippen LogP contribution < -0.4 is 0 Å². The van der Waals surface area contributed by atoms with Gasteiger partial charge in [-0.25, -0.2) is 14.8 Å². The maximum Gasteiger partial charge on any atom is 0.335 e. The Bertz CT molecular complexity index is 1040. The lowest BCUT2D eigenvalue weighted by molar-refractivity contribution is 0.0696. The van der Waals surface area contributed by atoms with Gasteiger partial charge in [-0.05, 0) is 35.6 Å². The minimum Gasteiger partial charge on any atom is -0.478 e. The van der Waals surface area contributed by atoms with Crippen molar-refractivity contribution in [2.45, 2.75) is 40.2 Å². The van der Waals surface area contributed by atoms with Gasteiger partial charge in [0.2, 0.25) is 5.82 Å². The van der Waals surface area contributed by atoms with Crippen molar-refractivity contribution in [2.75, 3.05) is 0 Å². The molecular formula is C21H22N4O2. The van der Waals surface area contributed by atoms with E-state index < -0.39 is 5.97 Å². The molecule has 3 rings (SSSR count). The van der Waals surface area contributed by atoms with Gasteiger partial charge in [-0.15, -0.1) is 0 Å². The van der Waals surface area contributed by atoms with Crippen LogP contribution in [0, 0.1) is 16.7 Å². The zero-order valence-electron chi connectivity index (χ0n) is 15.7. The van der Waals surface area contributed by atoms with Crippen LogP contribution in [0.15, 0.2) is 36.5 Å². The molecule has 1 aromatic carbocycles. The molecule has 0 aliphatic heterocycles. The van der Waals surface area contributed by atoms with Gasteiger partial charge < -0.3 is 9.67 Å². The molecule has 2 heterocycles. The minimum atomic E-state index is -0.936. The third-order valence-electron chi connectivity index (χ3n) is 4.46. The third-order valence-corrected chi connectivity index (χ3v) is 4.46. The van der Waals surface area contributed by atoms with E-state index in [1.165, 1.54) is 0 Å². The summed E-state index contributed by atoms with van der Waals surface area (Å²) < 4.78 is 2.12. The van der Waals surface area contributed by atoms with E-state index in [2.05, 4.69) is 35.3 Å². The SMILES string of the molecule is CC(C)(C)CCn1c(Cc2cccc(C(=O)O)c2)cc2cnc(C#N)nc21. The van der Waals surface area contributed by atoms with Crippen LogP contribution in [0.3, 0.4) is 0 Å². The fraction of sp³-hybridized carbons (Fsp3) is 0.333. The molecule has 6 nitrogen and oxygen atoms in total. The Labute approximate surface area is 158 Å². The molecular weight excluding hydrogens is 340 g/mol. The van der Waals surface area contributed by atoms with E-state index in [0.29, 0.717) is 6.42 Å². The summed E-state index contributed by atoms with van der Waals surface area (Å²) in [6, 6.07) is 11.0. The third kappa shape index (κ3) is 4.32. The molecule has 0 amide bonds. The quantitative estimate of drug-likeness (QED) is 0.740. The van der Waals surface area contributed by atoms with E-state index in [1.807, 2.05) is 18.2 Å². The summed E-state index contributed by atoms with van der Waals surface area (Å²) in [5, 5.41) is 19.2. The van der Waals surface area contributed by atoms with Crippen molar-refractivity contribution in [3.63, 3.8) is 0 Å². The van der Waals surface area contributed by atoms with E-state index in [9.17, 15) is 9.90 Å². The number of aromatic carboxylic acids is 1. The second-order valence-corrected chi connectivity index (χ2v) is 7.86. The molecule has 0 atom stereocenters. The Morgan fingerprint density at radius 1 is 1.30 bits per heavy atom. The lowest BCUT2D eigenvalue weighted by atomic mass is 9.92. The average molecular weight is 362 g/mol. The Hall–Kier alpha value is -3.20. The first-order valence-electron chi connectivity index (χ1n) is 8.84. The average Bonchev–Trinajstić information content (AvgIpc) is 2.95. The molecule has 0 unspecified atom stereocenters. The van der Waals surface area contributed by atoms with Crippen LogP contribution in [0.2, 0.25) is 0 Å². The van der Waals surface area contributed by atoms with Crippen molar-refractivity contribution in [1.82, 2.24) is 14.5 Å². The molecule has 0 saturated carbocycles. The first-order chi connectivity index (χ1) is 12.8. The number of fused-ring (bicyclic) bond motifs is 1. The number of hydrogen-bond donors (Lipinski definition) is 1. The summed E-state index contributed by atoms with van der Waals surface area (Å²) in [6.07, 6.45) is 3.21. The Morgan fingerprint density at radius 2 is 2.07 bits per heavy atom. The molecule has 3 aromatic rings. The smallest absolute Gasteiger partial charge is 0.335 e. The van der Waals surface area contributed by atoms with Gasteiger partial charge in [0.25, 0.3) is 0 Å². The monoisotopic (exact) mass is 362 g/mol. The second-order valence-electron chi connectivity index (χ2n) is 7.86. The van der Waals surface area contributed by atoms with Gasteiger partial charge in [0, 0.05) is 30.2 Å². The largest absolute Gasteiger partial charge is 0.478 e. The molecule has 0 radical (unpaired) electrons. The highest BCUT2D eigenvalue weighted by Gasteiger charge is 2.16. The van der Waals surface area contributed by atoms with Gasteiger partial charge >= 0.3 is 5.97 Å². The Balaban J connectivity index is 2.04. The summed E-state index contributed by atoms with van der Waals surface area (Å²) in [5.41, 5.74) is 3.12. The van der Waals surface area contributed by atoms with E-state index in [1.54, 1.807) is 24.4 Å². The number of hydrogen-bond acceptors (Lipinski definition) is 4. The number of nitriles is 1. The van der Waals surface area contributed by atoms with Crippen LogP contribution in [0.5, 0.6) is 0 Å². The molecule has 0 aliphatic carbocycles. The minimum absolute atomic E-state index is 0.150. The highest BCUT2D eigenvalue weighted by Crippen LogP contribution is 2.25. The summed E-state index contributed by atoms with van der Waals surface area (Å²) in [7, 11) is 0. The number of carboxylic acid groups (broad SMARTS) is 1. The van der Waals surface area contributed by atoms with Gasteiger partial charge in [0.15, 0.2) is 0 Å². The van der Waals surface area contributed by atoms with Crippen molar-refractivity contribution in [2.24, 2.45) is 5.41 Å². The van der Waals surface area contributed by atoms with Crippen LogP contribution >= 0.6 is 0 Å². The number of benzene rings is 1. The summed E-state index contributed by atoms with van der Waals surface area (Å²) in [4.78, 5) is 19.7. The van der Waals surface area contributed by atoms with E-state index >= 15 is 0 Å². The molecule has 2 aromatic heterocycles. The highest BCUT2D eigenvalue weighted by atomic mass is 16.4. The number of aryl methyl sites for hydroxylation is 1. The zero-order valence-corrected chi connectivity index (χ0v) is 15.7. The molecule has 0 spiro atoms. The fourth-order valence-corrected chi connectivity index (χ4v) is 3.01. The van der Waals surface area contributed by atoms with E-state index in [4.69, 9.17) is 5.26 Å². The number of nitrogens with zero attached hydrogens (tertiary/aromatic N) is 4. The number of aromatic nitrogens is 3. The summed E-state index contributed by atoms with van der Waals surface area (Å²) >= 11 is 0. The molecule has 0 bridgehead atoms. The van der Waals surface area contributed by atoms with Gasteiger partial charge in [-0.1, -0.05) is 32.9 Å². The topological polar surface area (TPSA) is 91.8 Å². The van der Waals surface area contributed by atoms with Crippen molar-refractivity contribution < 1.29 is 9.90 Å². The molecule has 6 heteroatoms. The van der Waals surface area contributed by atoms with Crippen LogP contribution in [0.1, 0.15) is 54.6 Å². The van der Waals surface area contributed by atoms with E-state index in [0.717, 1.165) is 35.3 Å². The molecule has 0 fully saturated rings. The normalized spacial score (nSPS) is 11.5. The van der Waals surface area contributed by atoms with Crippen molar-refractivity contribution in [1.29, 1.82) is 5.26 Å². The maximum absolute atomic E-state index is 11.2. The molecule has 27 heavy (non-hydrogen) atoms. The van der Waals surface area contributed by atoms with Crippen LogP contribution in [0.4, 0.5) is 0 Å². The van der Waals surface area contributed by atoms with Gasteiger partial charge in [-0.3, -0.25) is 0 Å². The first kappa shape index (κ1) is 18.6. The Morgan fingerprint density at radius 3 is 2.74 bits per heavy atom. The Kier molecular flexibility index (Phi) is 4.95. The van der Waals surface area contributed by atoms with Gasteiger partial charge in [-0.2, -0.15) is 5.26 Å². The molecule has 138 valence electrons. The lowest BCUT2D eigenvalue weighted by Gasteiger charge is -2.20. The summed E-state index contributed by atoms with van der Waals surface area (Å²) in [5.74, 6) is -0.785. The molecule has 0 saturated heterocycles. The van der Waals surface area contributed by atoms with Gasteiger partial charge in [0.05, 0.1) is 5.56 Å². The van der Waals surface area contributed by atoms with Crippen LogP contribution in [0.25, 0.3) is 11.0 Å².